The first-order valence-electron chi connectivity index (χ1n) is 6.23. The second-order valence-corrected chi connectivity index (χ2v) is 5.23. The number of hydrogen-bond acceptors (Lipinski definition) is 3. The summed E-state index contributed by atoms with van der Waals surface area (Å²) in [6.45, 7) is 5.57. The van der Waals surface area contributed by atoms with Crippen LogP contribution in [0.25, 0.3) is 0 Å². The Hall–Kier alpha value is -0.900. The van der Waals surface area contributed by atoms with Crippen LogP contribution in [0, 0.1) is 11.8 Å². The number of aryl methyl sites for hydroxylation is 1. The molecule has 1 saturated carbocycles. The Balaban J connectivity index is 1.78. The number of rotatable bonds is 3. The molecule has 4 heteroatoms. The van der Waals surface area contributed by atoms with Crippen molar-refractivity contribution in [1.82, 2.24) is 20.3 Å². The molecule has 1 aliphatic carbocycles. The lowest BCUT2D eigenvalue weighted by molar-refractivity contribution is 0.225. The van der Waals surface area contributed by atoms with Gasteiger partial charge in [-0.2, -0.15) is 0 Å². The molecule has 1 N–H and O–H groups in total. The predicted octanol–water partition coefficient (Wildman–Crippen LogP) is 1.73. The molecule has 0 radical (unpaired) electrons. The maximum Gasteiger partial charge on any atom is 0.0964 e. The molecule has 0 aliphatic heterocycles. The maximum absolute atomic E-state index is 4.08. The maximum atomic E-state index is 4.08. The lowest BCUT2D eigenvalue weighted by Gasteiger charge is -2.32. The van der Waals surface area contributed by atoms with E-state index < -0.39 is 0 Å². The van der Waals surface area contributed by atoms with Crippen LogP contribution in [0.4, 0.5) is 0 Å². The van der Waals surface area contributed by atoms with E-state index in [2.05, 4.69) is 29.5 Å². The van der Waals surface area contributed by atoms with Crippen molar-refractivity contribution in [3.63, 3.8) is 0 Å². The molecule has 1 aliphatic rings. The third kappa shape index (κ3) is 2.82. The van der Waals surface area contributed by atoms with Crippen LogP contribution in [-0.4, -0.2) is 21.0 Å². The monoisotopic (exact) mass is 222 g/mol. The third-order valence-electron chi connectivity index (χ3n) is 3.82. The van der Waals surface area contributed by atoms with Gasteiger partial charge in [0.2, 0.25) is 0 Å². The van der Waals surface area contributed by atoms with Crippen molar-refractivity contribution in [2.45, 2.75) is 45.7 Å². The van der Waals surface area contributed by atoms with Gasteiger partial charge >= 0.3 is 0 Å². The molecule has 1 aromatic heterocycles. The zero-order valence-electron chi connectivity index (χ0n) is 10.5. The van der Waals surface area contributed by atoms with E-state index in [9.17, 15) is 0 Å². The summed E-state index contributed by atoms with van der Waals surface area (Å²) in [5, 5.41) is 11.6. The fraction of sp³-hybridized carbons (Fsp3) is 0.833. The molecule has 0 spiro atoms. The van der Waals surface area contributed by atoms with E-state index in [4.69, 9.17) is 0 Å². The molecule has 1 aromatic rings. The highest BCUT2D eigenvalue weighted by Gasteiger charge is 2.24. The summed E-state index contributed by atoms with van der Waals surface area (Å²) in [6, 6.07) is 0.660. The van der Waals surface area contributed by atoms with Crippen LogP contribution in [0.15, 0.2) is 6.20 Å². The van der Waals surface area contributed by atoms with Crippen LogP contribution < -0.4 is 5.32 Å². The fourth-order valence-electron chi connectivity index (χ4n) is 2.46. The molecule has 90 valence electrons. The molecule has 4 nitrogen and oxygen atoms in total. The zero-order valence-corrected chi connectivity index (χ0v) is 10.5. The van der Waals surface area contributed by atoms with Gasteiger partial charge in [-0.15, -0.1) is 5.10 Å². The van der Waals surface area contributed by atoms with Crippen LogP contribution in [0.2, 0.25) is 0 Å². The molecule has 3 unspecified atom stereocenters. The molecule has 1 fully saturated rings. The van der Waals surface area contributed by atoms with Crippen molar-refractivity contribution in [3.8, 4) is 0 Å². The van der Waals surface area contributed by atoms with Crippen LogP contribution in [0.3, 0.4) is 0 Å². The number of nitrogens with zero attached hydrogens (tertiary/aromatic N) is 3. The molecule has 0 bridgehead atoms. The van der Waals surface area contributed by atoms with Gasteiger partial charge in [0.05, 0.1) is 5.69 Å². The van der Waals surface area contributed by atoms with Crippen LogP contribution in [-0.2, 0) is 13.6 Å². The SMILES string of the molecule is CC1CCC(NCc2cn(C)nn2)CC1C. The van der Waals surface area contributed by atoms with Gasteiger partial charge in [-0.1, -0.05) is 19.1 Å². The van der Waals surface area contributed by atoms with Gasteiger partial charge in [0, 0.05) is 25.8 Å². The Morgan fingerprint density at radius 2 is 2.19 bits per heavy atom. The van der Waals surface area contributed by atoms with E-state index in [0.29, 0.717) is 6.04 Å². The third-order valence-corrected chi connectivity index (χ3v) is 3.82. The summed E-state index contributed by atoms with van der Waals surface area (Å²) >= 11 is 0. The molecule has 0 saturated heterocycles. The van der Waals surface area contributed by atoms with Crippen molar-refractivity contribution in [1.29, 1.82) is 0 Å². The zero-order chi connectivity index (χ0) is 11.5. The first kappa shape index (κ1) is 11.6. The summed E-state index contributed by atoms with van der Waals surface area (Å²) in [5.41, 5.74) is 1.04. The van der Waals surface area contributed by atoms with Crippen LogP contribution in [0.5, 0.6) is 0 Å². The largest absolute Gasteiger partial charge is 0.308 e. The van der Waals surface area contributed by atoms with E-state index in [1.807, 2.05) is 13.2 Å². The summed E-state index contributed by atoms with van der Waals surface area (Å²) in [6.07, 6.45) is 5.91. The Morgan fingerprint density at radius 1 is 1.38 bits per heavy atom. The number of aromatic nitrogens is 3. The average molecular weight is 222 g/mol. The minimum Gasteiger partial charge on any atom is -0.308 e. The number of hydrogen-bond donors (Lipinski definition) is 1. The Labute approximate surface area is 97.4 Å². The standard InChI is InChI=1S/C12H22N4/c1-9-4-5-11(6-10(9)2)13-7-12-8-16(3)15-14-12/h8-11,13H,4-7H2,1-3H3. The van der Waals surface area contributed by atoms with Crippen LogP contribution >= 0.6 is 0 Å². The van der Waals surface area contributed by atoms with Gasteiger partial charge in [0.25, 0.3) is 0 Å². The van der Waals surface area contributed by atoms with Gasteiger partial charge in [0.1, 0.15) is 0 Å². The molecule has 2 rings (SSSR count). The fourth-order valence-corrected chi connectivity index (χ4v) is 2.46. The van der Waals surface area contributed by atoms with Crippen molar-refractivity contribution in [2.75, 3.05) is 0 Å². The Morgan fingerprint density at radius 3 is 2.81 bits per heavy atom. The predicted molar refractivity (Wildman–Crippen MR) is 63.8 cm³/mol. The molecular weight excluding hydrogens is 200 g/mol. The minimum atomic E-state index is 0.660. The van der Waals surface area contributed by atoms with E-state index in [0.717, 1.165) is 24.1 Å². The van der Waals surface area contributed by atoms with E-state index in [1.165, 1.54) is 19.3 Å². The minimum absolute atomic E-state index is 0.660. The first-order valence-corrected chi connectivity index (χ1v) is 6.23. The van der Waals surface area contributed by atoms with Crippen molar-refractivity contribution in [3.05, 3.63) is 11.9 Å². The van der Waals surface area contributed by atoms with Gasteiger partial charge in [-0.3, -0.25) is 4.68 Å². The smallest absolute Gasteiger partial charge is 0.0964 e. The van der Waals surface area contributed by atoms with Gasteiger partial charge in [-0.25, -0.2) is 0 Å². The van der Waals surface area contributed by atoms with Gasteiger partial charge < -0.3 is 5.32 Å². The highest BCUT2D eigenvalue weighted by Crippen LogP contribution is 2.29. The summed E-state index contributed by atoms with van der Waals surface area (Å²) in [5.74, 6) is 1.72. The lowest BCUT2D eigenvalue weighted by Crippen LogP contribution is -2.35. The molecule has 1 heterocycles. The highest BCUT2D eigenvalue weighted by atomic mass is 15.4. The van der Waals surface area contributed by atoms with Crippen LogP contribution in [0.1, 0.15) is 38.8 Å². The van der Waals surface area contributed by atoms with Gasteiger partial charge in [-0.05, 0) is 31.1 Å². The molecular formula is C12H22N4. The second-order valence-electron chi connectivity index (χ2n) is 5.23. The highest BCUT2D eigenvalue weighted by molar-refractivity contribution is 4.92. The van der Waals surface area contributed by atoms with E-state index in [1.54, 1.807) is 4.68 Å². The van der Waals surface area contributed by atoms with Gasteiger partial charge in [0.15, 0.2) is 0 Å². The second kappa shape index (κ2) is 4.95. The topological polar surface area (TPSA) is 42.7 Å². The number of nitrogens with one attached hydrogen (secondary N) is 1. The lowest BCUT2D eigenvalue weighted by atomic mass is 9.79. The van der Waals surface area contributed by atoms with E-state index >= 15 is 0 Å². The molecule has 16 heavy (non-hydrogen) atoms. The van der Waals surface area contributed by atoms with Crippen molar-refractivity contribution in [2.24, 2.45) is 18.9 Å². The van der Waals surface area contributed by atoms with Crippen molar-refractivity contribution >= 4 is 0 Å². The molecule has 0 amide bonds. The average Bonchev–Trinajstić information content (AvgIpc) is 2.66. The Bertz CT molecular complexity index is 334. The Kier molecular flexibility index (Phi) is 3.59. The van der Waals surface area contributed by atoms with E-state index in [-0.39, 0.29) is 0 Å². The molecule has 3 atom stereocenters. The first-order chi connectivity index (χ1) is 7.65. The summed E-state index contributed by atoms with van der Waals surface area (Å²) in [7, 11) is 1.90. The summed E-state index contributed by atoms with van der Waals surface area (Å²) < 4.78 is 1.75. The van der Waals surface area contributed by atoms with Crippen molar-refractivity contribution < 1.29 is 0 Å². The summed E-state index contributed by atoms with van der Waals surface area (Å²) in [4.78, 5) is 0. The quantitative estimate of drug-likeness (QED) is 0.847. The normalized spacial score (nSPS) is 30.6. The molecule has 0 aromatic carbocycles.